The summed E-state index contributed by atoms with van der Waals surface area (Å²) < 4.78 is 26.2. The van der Waals surface area contributed by atoms with Crippen molar-refractivity contribution in [1.82, 2.24) is 0 Å². The Kier molecular flexibility index (Phi) is 9.00. The number of rotatable bonds is 8. The minimum Gasteiger partial charge on any atom is -0.399 e. The van der Waals surface area contributed by atoms with Gasteiger partial charge < -0.3 is 15.1 Å². The second-order valence-corrected chi connectivity index (χ2v) is 13.8. The maximum atomic E-state index is 13.1. The molecule has 0 bridgehead atoms. The molecule has 1 aromatic rings. The van der Waals surface area contributed by atoms with Crippen LogP contribution in [0.3, 0.4) is 0 Å². The summed E-state index contributed by atoms with van der Waals surface area (Å²) in [5.41, 5.74) is 4.08. The molecule has 7 heteroatoms. The molecule has 208 valence electrons. The third-order valence-electron chi connectivity index (χ3n) is 9.38. The number of benzene rings is 1. The maximum absolute atomic E-state index is 13.1. The number of aliphatic hydroxyl groups excluding tert-OH is 2. The highest BCUT2D eigenvalue weighted by Gasteiger charge is 2.50. The van der Waals surface area contributed by atoms with E-state index in [1.807, 2.05) is 0 Å². The van der Waals surface area contributed by atoms with Crippen LogP contribution in [0, 0.1) is 23.2 Å². The number of hydrogen-bond donors (Lipinski definition) is 2. The number of oxime groups is 1. The van der Waals surface area contributed by atoms with Gasteiger partial charge >= 0.3 is 0 Å². The van der Waals surface area contributed by atoms with Gasteiger partial charge in [-0.05, 0) is 97.0 Å². The largest absolute Gasteiger partial charge is 0.399 e. The number of fused-ring (bicyclic) bond motifs is 1. The minimum atomic E-state index is -3.36. The molecular formula is C31H43NO5S. The Morgan fingerprint density at radius 3 is 2.66 bits per heavy atom. The van der Waals surface area contributed by atoms with E-state index in [1.54, 1.807) is 30.5 Å². The number of aliphatic hydroxyl groups is 2. The van der Waals surface area contributed by atoms with Crippen LogP contribution in [0.15, 0.2) is 69.8 Å². The second-order valence-electron chi connectivity index (χ2n) is 11.7. The Morgan fingerprint density at radius 1 is 1.21 bits per heavy atom. The van der Waals surface area contributed by atoms with Crippen molar-refractivity contribution in [1.29, 1.82) is 0 Å². The molecule has 1 aromatic carbocycles. The third-order valence-corrected chi connectivity index (χ3v) is 11.1. The topological polar surface area (TPSA) is 96.2 Å². The lowest BCUT2D eigenvalue weighted by atomic mass is 9.61. The molecular weight excluding hydrogens is 498 g/mol. The second kappa shape index (κ2) is 11.9. The van der Waals surface area contributed by atoms with Gasteiger partial charge in [-0.3, -0.25) is 0 Å². The fourth-order valence-corrected chi connectivity index (χ4v) is 8.68. The minimum absolute atomic E-state index is 0.151. The number of allylic oxidation sites excluding steroid dienone is 3. The smallest absolute Gasteiger partial charge is 0.178 e. The van der Waals surface area contributed by atoms with Gasteiger partial charge in [-0.2, -0.15) is 0 Å². The molecule has 0 unspecified atom stereocenters. The molecule has 3 aliphatic carbocycles. The number of nitrogens with zero attached hydrogens (tertiary/aromatic N) is 1. The average Bonchev–Trinajstić information content (AvgIpc) is 3.25. The van der Waals surface area contributed by atoms with Gasteiger partial charge in [0.05, 0.1) is 29.1 Å². The zero-order chi connectivity index (χ0) is 27.5. The molecule has 0 aromatic heterocycles. The standard InChI is InChI=1S/C31H43NO5S/c1-21(15-17-38(35,36)27-11-7-23(8-12-27)20-32-37-4)28-13-14-29-24(6-5-16-31(28,29)3)9-10-25-18-26(33)19-30(34)22(25)2/h7-12,20-21,26,28-30,33-34H,2,5-6,13-19H2,1,3-4H3/b24-9+,25-10-,32-20+/t21-,26-,28-,29+,30+,31-/m1/s1. The monoisotopic (exact) mass is 541 g/mol. The summed E-state index contributed by atoms with van der Waals surface area (Å²) in [6, 6.07) is 6.79. The Morgan fingerprint density at radius 2 is 1.95 bits per heavy atom. The predicted octanol–water partition coefficient (Wildman–Crippen LogP) is 5.61. The first kappa shape index (κ1) is 28.8. The van der Waals surface area contributed by atoms with Gasteiger partial charge in [0, 0.05) is 6.42 Å². The first-order chi connectivity index (χ1) is 18.0. The van der Waals surface area contributed by atoms with Crippen LogP contribution in [0.2, 0.25) is 0 Å². The quantitative estimate of drug-likeness (QED) is 0.330. The van der Waals surface area contributed by atoms with Crippen molar-refractivity contribution in [2.45, 2.75) is 82.3 Å². The molecule has 0 saturated heterocycles. The Labute approximate surface area is 228 Å². The molecule has 6 nitrogen and oxygen atoms in total. The lowest BCUT2D eigenvalue weighted by Crippen LogP contribution is -2.36. The summed E-state index contributed by atoms with van der Waals surface area (Å²) in [6.07, 6.45) is 11.8. The van der Waals surface area contributed by atoms with E-state index in [9.17, 15) is 18.6 Å². The van der Waals surface area contributed by atoms with Gasteiger partial charge in [0.15, 0.2) is 9.84 Å². The van der Waals surface area contributed by atoms with E-state index in [-0.39, 0.29) is 11.2 Å². The first-order valence-corrected chi connectivity index (χ1v) is 15.5. The van der Waals surface area contributed by atoms with E-state index in [2.05, 4.69) is 42.6 Å². The zero-order valence-electron chi connectivity index (χ0n) is 23.0. The highest BCUT2D eigenvalue weighted by molar-refractivity contribution is 7.91. The van der Waals surface area contributed by atoms with Gasteiger partial charge in [0.2, 0.25) is 0 Å². The van der Waals surface area contributed by atoms with Crippen molar-refractivity contribution in [3.05, 3.63) is 65.3 Å². The molecule has 3 saturated carbocycles. The van der Waals surface area contributed by atoms with Crippen molar-refractivity contribution in [2.75, 3.05) is 12.9 Å². The molecule has 6 atom stereocenters. The highest BCUT2D eigenvalue weighted by Crippen LogP contribution is 2.59. The first-order valence-electron chi connectivity index (χ1n) is 13.9. The van der Waals surface area contributed by atoms with Crippen molar-refractivity contribution in [3.63, 3.8) is 0 Å². The van der Waals surface area contributed by atoms with Gasteiger partial charge in [-0.1, -0.05) is 55.4 Å². The van der Waals surface area contributed by atoms with Crippen molar-refractivity contribution in [2.24, 2.45) is 28.3 Å². The lowest BCUT2D eigenvalue weighted by Gasteiger charge is -2.44. The van der Waals surface area contributed by atoms with Crippen molar-refractivity contribution >= 4 is 16.1 Å². The summed E-state index contributed by atoms with van der Waals surface area (Å²) >= 11 is 0. The lowest BCUT2D eigenvalue weighted by molar-refractivity contribution is 0.0861. The van der Waals surface area contributed by atoms with Crippen LogP contribution in [0.1, 0.15) is 70.8 Å². The highest BCUT2D eigenvalue weighted by atomic mass is 32.2. The zero-order valence-corrected chi connectivity index (χ0v) is 23.8. The molecule has 2 N–H and O–H groups in total. The summed E-state index contributed by atoms with van der Waals surface area (Å²) in [6.45, 7) is 8.69. The van der Waals surface area contributed by atoms with Gasteiger partial charge in [0.25, 0.3) is 0 Å². The Hall–Kier alpha value is -2.22. The maximum Gasteiger partial charge on any atom is 0.178 e. The van der Waals surface area contributed by atoms with E-state index in [0.717, 1.165) is 42.4 Å². The van der Waals surface area contributed by atoms with E-state index >= 15 is 0 Å². The van der Waals surface area contributed by atoms with Crippen LogP contribution in [0.5, 0.6) is 0 Å². The molecule has 0 amide bonds. The predicted molar refractivity (Wildman–Crippen MR) is 152 cm³/mol. The molecule has 3 fully saturated rings. The van der Waals surface area contributed by atoms with Crippen LogP contribution in [0.4, 0.5) is 0 Å². The fraction of sp³-hybridized carbons (Fsp3) is 0.581. The Balaban J connectivity index is 1.42. The van der Waals surface area contributed by atoms with E-state index in [0.29, 0.717) is 41.9 Å². The molecule has 3 aliphatic rings. The summed E-state index contributed by atoms with van der Waals surface area (Å²) in [4.78, 5) is 5.04. The molecule has 38 heavy (non-hydrogen) atoms. The molecule has 0 aliphatic heterocycles. The third kappa shape index (κ3) is 6.16. The normalized spacial score (nSPS) is 33.1. The number of hydrogen-bond acceptors (Lipinski definition) is 6. The summed E-state index contributed by atoms with van der Waals surface area (Å²) in [5.74, 6) is 1.44. The SMILES string of the molecule is C=C1/C(=C\C=C2/CCC[C@]3(C)[C@@H]([C@H](C)CCS(=O)(=O)c4ccc(/C=N/OC)cc4)CC[C@@H]23)C[C@@H](O)C[C@@H]1O. The van der Waals surface area contributed by atoms with E-state index < -0.39 is 22.0 Å². The van der Waals surface area contributed by atoms with Crippen LogP contribution in [-0.4, -0.2) is 49.9 Å². The summed E-state index contributed by atoms with van der Waals surface area (Å²) in [5, 5.41) is 24.0. The van der Waals surface area contributed by atoms with Crippen molar-refractivity contribution < 1.29 is 23.5 Å². The molecule has 0 spiro atoms. The van der Waals surface area contributed by atoms with E-state index in [1.165, 1.54) is 19.1 Å². The molecule has 4 rings (SSSR count). The van der Waals surface area contributed by atoms with Crippen LogP contribution in [0.25, 0.3) is 0 Å². The summed E-state index contributed by atoms with van der Waals surface area (Å²) in [7, 11) is -1.89. The van der Waals surface area contributed by atoms with Crippen LogP contribution < -0.4 is 0 Å². The molecule has 0 radical (unpaired) electrons. The van der Waals surface area contributed by atoms with Gasteiger partial charge in [0.1, 0.15) is 7.11 Å². The number of sulfone groups is 1. The fourth-order valence-electron chi connectivity index (χ4n) is 7.21. The van der Waals surface area contributed by atoms with E-state index in [4.69, 9.17) is 0 Å². The average molecular weight is 542 g/mol. The van der Waals surface area contributed by atoms with Crippen molar-refractivity contribution in [3.8, 4) is 0 Å². The Bertz CT molecular complexity index is 1200. The van der Waals surface area contributed by atoms with Crippen LogP contribution in [-0.2, 0) is 14.7 Å². The van der Waals surface area contributed by atoms with Crippen LogP contribution >= 0.6 is 0 Å². The van der Waals surface area contributed by atoms with Gasteiger partial charge in [-0.15, -0.1) is 0 Å². The molecule has 0 heterocycles. The van der Waals surface area contributed by atoms with Gasteiger partial charge in [-0.25, -0.2) is 8.42 Å².